The third-order valence-corrected chi connectivity index (χ3v) is 5.11. The van der Waals surface area contributed by atoms with Gasteiger partial charge >= 0.3 is 0 Å². The van der Waals surface area contributed by atoms with Gasteiger partial charge in [-0.2, -0.15) is 0 Å². The number of aliphatic hydroxyl groups is 2. The number of rotatable bonds is 17. The molecule has 3 nitrogen and oxygen atoms in total. The van der Waals surface area contributed by atoms with Gasteiger partial charge in [-0.1, -0.05) is 84.5 Å². The van der Waals surface area contributed by atoms with Crippen LogP contribution in [0.15, 0.2) is 0 Å². The van der Waals surface area contributed by atoms with E-state index in [4.69, 9.17) is 0 Å². The Labute approximate surface area is 157 Å². The highest BCUT2D eigenvalue weighted by Crippen LogP contribution is 2.16. The summed E-state index contributed by atoms with van der Waals surface area (Å²) in [6.07, 6.45) is 16.3. The molecule has 148 valence electrons. The maximum Gasteiger partial charge on any atom is 0.0644 e. The van der Waals surface area contributed by atoms with Crippen molar-refractivity contribution in [2.75, 3.05) is 26.3 Å². The van der Waals surface area contributed by atoms with Gasteiger partial charge in [-0.05, 0) is 26.4 Å². The maximum absolute atomic E-state index is 9.48. The zero-order valence-electron chi connectivity index (χ0n) is 16.6. The van der Waals surface area contributed by atoms with Gasteiger partial charge in [0.1, 0.15) is 0 Å². The predicted octanol–water partition coefficient (Wildman–Crippen LogP) is 5.17. The minimum Gasteiger partial charge on any atom is -0.394 e. The average molecular weight is 366 g/mol. The van der Waals surface area contributed by atoms with Crippen LogP contribution in [0, 0.1) is 0 Å². The van der Waals surface area contributed by atoms with Crippen molar-refractivity contribution >= 4 is 12.4 Å². The van der Waals surface area contributed by atoms with Gasteiger partial charge < -0.3 is 10.2 Å². The van der Waals surface area contributed by atoms with Crippen LogP contribution >= 0.6 is 12.4 Å². The molecular formula is C20H44ClNO2. The second kappa shape index (κ2) is 18.0. The SMILES string of the molecule is CCCCCCCCCCCCCCN(CC)C(C)(CO)CO.Cl. The Morgan fingerprint density at radius 3 is 1.38 bits per heavy atom. The summed E-state index contributed by atoms with van der Waals surface area (Å²) in [4.78, 5) is 2.21. The molecule has 0 aliphatic heterocycles. The topological polar surface area (TPSA) is 43.7 Å². The molecule has 0 spiro atoms. The molecule has 0 saturated carbocycles. The highest BCUT2D eigenvalue weighted by atomic mass is 35.5. The van der Waals surface area contributed by atoms with Gasteiger partial charge in [0, 0.05) is 0 Å². The smallest absolute Gasteiger partial charge is 0.0644 e. The van der Waals surface area contributed by atoms with Crippen LogP contribution in [0.3, 0.4) is 0 Å². The molecule has 2 N–H and O–H groups in total. The predicted molar refractivity (Wildman–Crippen MR) is 108 cm³/mol. The first-order chi connectivity index (χ1) is 11.1. The molecule has 0 rings (SSSR count). The van der Waals surface area contributed by atoms with Gasteiger partial charge in [0.05, 0.1) is 18.8 Å². The number of nitrogens with zero attached hydrogens (tertiary/aromatic N) is 1. The van der Waals surface area contributed by atoms with Crippen LogP contribution in [-0.2, 0) is 0 Å². The number of aliphatic hydroxyl groups excluding tert-OH is 2. The zero-order valence-corrected chi connectivity index (χ0v) is 17.4. The summed E-state index contributed by atoms with van der Waals surface area (Å²) in [6, 6.07) is 0. The van der Waals surface area contributed by atoms with Gasteiger partial charge in [-0.3, -0.25) is 4.90 Å². The Hall–Kier alpha value is 0.170. The Balaban J connectivity index is 0. The third kappa shape index (κ3) is 12.5. The van der Waals surface area contributed by atoms with Crippen LogP contribution < -0.4 is 0 Å². The number of hydrogen-bond acceptors (Lipinski definition) is 3. The number of likely N-dealkylation sites (N-methyl/N-ethyl adjacent to an activating group) is 1. The first kappa shape index (κ1) is 26.4. The fourth-order valence-electron chi connectivity index (χ4n) is 3.20. The molecule has 0 aromatic rings. The van der Waals surface area contributed by atoms with Gasteiger partial charge in [-0.25, -0.2) is 0 Å². The molecule has 0 radical (unpaired) electrons. The summed E-state index contributed by atoms with van der Waals surface area (Å²) in [5.74, 6) is 0. The van der Waals surface area contributed by atoms with Crippen LogP contribution in [0.25, 0.3) is 0 Å². The van der Waals surface area contributed by atoms with E-state index in [1.807, 2.05) is 6.92 Å². The first-order valence-electron chi connectivity index (χ1n) is 10.1. The Kier molecular flexibility index (Phi) is 19.8. The van der Waals surface area contributed by atoms with Crippen LogP contribution in [0.1, 0.15) is 97.8 Å². The van der Waals surface area contributed by atoms with Crippen molar-refractivity contribution < 1.29 is 10.2 Å². The van der Waals surface area contributed by atoms with E-state index in [1.54, 1.807) is 0 Å². The van der Waals surface area contributed by atoms with E-state index < -0.39 is 5.54 Å². The fourth-order valence-corrected chi connectivity index (χ4v) is 3.20. The molecule has 0 fully saturated rings. The normalized spacial score (nSPS) is 11.8. The van der Waals surface area contributed by atoms with Crippen molar-refractivity contribution in [1.82, 2.24) is 4.90 Å². The Morgan fingerprint density at radius 1 is 0.667 bits per heavy atom. The van der Waals surface area contributed by atoms with E-state index in [-0.39, 0.29) is 25.6 Å². The van der Waals surface area contributed by atoms with Gasteiger partial charge in [-0.15, -0.1) is 12.4 Å². The number of halogens is 1. The van der Waals surface area contributed by atoms with Crippen molar-refractivity contribution in [3.63, 3.8) is 0 Å². The molecule has 0 aliphatic carbocycles. The Bertz CT molecular complexity index is 248. The van der Waals surface area contributed by atoms with Crippen LogP contribution in [0.5, 0.6) is 0 Å². The largest absolute Gasteiger partial charge is 0.394 e. The summed E-state index contributed by atoms with van der Waals surface area (Å²) in [7, 11) is 0. The minimum absolute atomic E-state index is 0. The second-order valence-corrected chi connectivity index (χ2v) is 7.28. The van der Waals surface area contributed by atoms with Crippen molar-refractivity contribution in [2.24, 2.45) is 0 Å². The molecule has 4 heteroatoms. The molecule has 0 aromatic carbocycles. The lowest BCUT2D eigenvalue weighted by atomic mass is 10.0. The average Bonchev–Trinajstić information content (AvgIpc) is 2.58. The summed E-state index contributed by atoms with van der Waals surface area (Å²) in [6.45, 7) is 8.22. The second-order valence-electron chi connectivity index (χ2n) is 7.28. The lowest BCUT2D eigenvalue weighted by Crippen LogP contribution is -2.52. The third-order valence-electron chi connectivity index (χ3n) is 5.11. The molecule has 0 saturated heterocycles. The molecule has 0 heterocycles. The lowest BCUT2D eigenvalue weighted by Gasteiger charge is -2.38. The quantitative estimate of drug-likeness (QED) is 0.349. The van der Waals surface area contributed by atoms with E-state index in [1.165, 1.54) is 77.0 Å². The van der Waals surface area contributed by atoms with Crippen molar-refractivity contribution in [3.05, 3.63) is 0 Å². The Morgan fingerprint density at radius 2 is 1.04 bits per heavy atom. The number of hydrogen-bond donors (Lipinski definition) is 2. The van der Waals surface area contributed by atoms with E-state index >= 15 is 0 Å². The summed E-state index contributed by atoms with van der Waals surface area (Å²) >= 11 is 0. The summed E-state index contributed by atoms with van der Waals surface area (Å²) < 4.78 is 0. The monoisotopic (exact) mass is 365 g/mol. The van der Waals surface area contributed by atoms with E-state index in [0.29, 0.717) is 0 Å². The van der Waals surface area contributed by atoms with Crippen molar-refractivity contribution in [3.8, 4) is 0 Å². The van der Waals surface area contributed by atoms with Gasteiger partial charge in [0.25, 0.3) is 0 Å². The van der Waals surface area contributed by atoms with Crippen LogP contribution in [0.2, 0.25) is 0 Å². The van der Waals surface area contributed by atoms with Crippen molar-refractivity contribution in [1.29, 1.82) is 0 Å². The molecule has 24 heavy (non-hydrogen) atoms. The summed E-state index contributed by atoms with van der Waals surface area (Å²) in [5, 5.41) is 19.0. The molecule has 0 bridgehead atoms. The molecule has 0 aliphatic rings. The fraction of sp³-hybridized carbons (Fsp3) is 1.00. The van der Waals surface area contributed by atoms with Crippen molar-refractivity contribution in [2.45, 2.75) is 103 Å². The van der Waals surface area contributed by atoms with E-state index in [0.717, 1.165) is 13.1 Å². The van der Waals surface area contributed by atoms with E-state index in [9.17, 15) is 10.2 Å². The molecule has 0 unspecified atom stereocenters. The first-order valence-corrected chi connectivity index (χ1v) is 10.1. The minimum atomic E-state index is -0.466. The molecule has 0 aromatic heterocycles. The molecular weight excluding hydrogens is 322 g/mol. The number of unbranched alkanes of at least 4 members (excludes halogenated alkanes) is 11. The van der Waals surface area contributed by atoms with Gasteiger partial charge in [0.2, 0.25) is 0 Å². The maximum atomic E-state index is 9.48. The zero-order chi connectivity index (χ0) is 17.4. The molecule has 0 atom stereocenters. The standard InChI is InChI=1S/C20H43NO2.ClH/c1-4-6-7-8-9-10-11-12-13-14-15-16-17-21(5-2)20(3,18-22)19-23;/h22-23H,4-19H2,1-3H3;1H. The van der Waals surface area contributed by atoms with Crippen LogP contribution in [0.4, 0.5) is 0 Å². The summed E-state index contributed by atoms with van der Waals surface area (Å²) in [5.41, 5.74) is -0.466. The van der Waals surface area contributed by atoms with E-state index in [2.05, 4.69) is 18.7 Å². The molecule has 0 amide bonds. The van der Waals surface area contributed by atoms with Gasteiger partial charge in [0.15, 0.2) is 0 Å². The lowest BCUT2D eigenvalue weighted by molar-refractivity contribution is 0.00140. The highest BCUT2D eigenvalue weighted by Gasteiger charge is 2.28. The highest BCUT2D eigenvalue weighted by molar-refractivity contribution is 5.85. The van der Waals surface area contributed by atoms with Crippen LogP contribution in [-0.4, -0.2) is 47.0 Å².